The number of thioether (sulfide) groups is 1. The molecule has 0 atom stereocenters. The molecule has 0 heterocycles. The lowest BCUT2D eigenvalue weighted by molar-refractivity contribution is -0.137. The fourth-order valence-electron chi connectivity index (χ4n) is 1.97. The Labute approximate surface area is 156 Å². The SMILES string of the molecule is CC(C)(C)SCCNC(=O)C(C)(C)S(=O)(=O)c1ccc(C(F)(F)F)cc1. The van der Waals surface area contributed by atoms with Crippen LogP contribution in [0.15, 0.2) is 29.2 Å². The van der Waals surface area contributed by atoms with Crippen LogP contribution >= 0.6 is 11.8 Å². The number of rotatable bonds is 6. The van der Waals surface area contributed by atoms with Gasteiger partial charge in [0, 0.05) is 17.0 Å². The van der Waals surface area contributed by atoms with Crippen LogP contribution in [0.4, 0.5) is 13.2 Å². The summed E-state index contributed by atoms with van der Waals surface area (Å²) in [6, 6.07) is 3.15. The van der Waals surface area contributed by atoms with Crippen LogP contribution < -0.4 is 5.32 Å². The predicted molar refractivity (Wildman–Crippen MR) is 97.9 cm³/mol. The molecule has 0 saturated carbocycles. The molecular weight excluding hydrogens is 387 g/mol. The van der Waals surface area contributed by atoms with Gasteiger partial charge in [-0.3, -0.25) is 4.79 Å². The summed E-state index contributed by atoms with van der Waals surface area (Å²) in [4.78, 5) is 12.0. The molecule has 0 spiro atoms. The molecular formula is C17H24F3NO3S2. The van der Waals surface area contributed by atoms with Gasteiger partial charge in [0.15, 0.2) is 9.84 Å². The maximum atomic E-state index is 12.7. The summed E-state index contributed by atoms with van der Waals surface area (Å²) in [5.41, 5.74) is -0.946. The number of nitrogens with one attached hydrogen (secondary N) is 1. The third-order valence-electron chi connectivity index (χ3n) is 3.63. The minimum atomic E-state index is -4.56. The van der Waals surface area contributed by atoms with Gasteiger partial charge in [0.05, 0.1) is 10.5 Å². The van der Waals surface area contributed by atoms with Crippen LogP contribution in [0.3, 0.4) is 0 Å². The van der Waals surface area contributed by atoms with E-state index in [1.54, 1.807) is 11.8 Å². The molecule has 0 bridgehead atoms. The van der Waals surface area contributed by atoms with Gasteiger partial charge in [-0.05, 0) is 38.1 Å². The lowest BCUT2D eigenvalue weighted by Crippen LogP contribution is -2.48. The molecule has 1 aromatic carbocycles. The van der Waals surface area contributed by atoms with Crippen molar-refractivity contribution in [3.63, 3.8) is 0 Å². The maximum Gasteiger partial charge on any atom is 0.416 e. The third-order valence-corrected chi connectivity index (χ3v) is 7.33. The van der Waals surface area contributed by atoms with Crippen molar-refractivity contribution in [3.8, 4) is 0 Å². The molecule has 1 amide bonds. The first-order chi connectivity index (χ1) is 11.6. The fourth-order valence-corrected chi connectivity index (χ4v) is 4.19. The molecule has 0 aliphatic rings. The second-order valence-corrected chi connectivity index (χ2v) is 11.7. The molecule has 0 fully saturated rings. The summed E-state index contributed by atoms with van der Waals surface area (Å²) in [7, 11) is -4.15. The number of hydrogen-bond acceptors (Lipinski definition) is 4. The Morgan fingerprint density at radius 2 is 1.54 bits per heavy atom. The van der Waals surface area contributed by atoms with Crippen molar-refractivity contribution >= 4 is 27.5 Å². The Morgan fingerprint density at radius 3 is 1.96 bits per heavy atom. The molecule has 0 saturated heterocycles. The van der Waals surface area contributed by atoms with Gasteiger partial charge >= 0.3 is 6.18 Å². The van der Waals surface area contributed by atoms with Crippen molar-refractivity contribution in [2.75, 3.05) is 12.3 Å². The molecule has 0 aromatic heterocycles. The highest BCUT2D eigenvalue weighted by molar-refractivity contribution is 8.00. The van der Waals surface area contributed by atoms with Crippen molar-refractivity contribution in [3.05, 3.63) is 29.8 Å². The van der Waals surface area contributed by atoms with E-state index in [1.165, 1.54) is 13.8 Å². The zero-order valence-corrected chi connectivity index (χ0v) is 17.0. The largest absolute Gasteiger partial charge is 0.416 e. The van der Waals surface area contributed by atoms with Crippen molar-refractivity contribution in [1.29, 1.82) is 0 Å². The number of hydrogen-bond donors (Lipinski definition) is 1. The Kier molecular flexibility index (Phi) is 6.84. The number of halogens is 3. The molecule has 0 radical (unpaired) electrons. The van der Waals surface area contributed by atoms with Crippen molar-refractivity contribution < 1.29 is 26.4 Å². The molecule has 1 N–H and O–H groups in total. The molecule has 4 nitrogen and oxygen atoms in total. The van der Waals surface area contributed by atoms with Gasteiger partial charge in [-0.15, -0.1) is 0 Å². The van der Waals surface area contributed by atoms with Gasteiger partial charge in [-0.1, -0.05) is 20.8 Å². The van der Waals surface area contributed by atoms with Crippen molar-refractivity contribution in [2.24, 2.45) is 0 Å². The summed E-state index contributed by atoms with van der Waals surface area (Å²) in [5, 5.41) is 2.59. The van der Waals surface area contributed by atoms with E-state index >= 15 is 0 Å². The van der Waals surface area contributed by atoms with Gasteiger partial charge in [-0.25, -0.2) is 8.42 Å². The quantitative estimate of drug-likeness (QED) is 0.721. The lowest BCUT2D eigenvalue weighted by atomic mass is 10.2. The number of benzene rings is 1. The second-order valence-electron chi connectivity index (χ2n) is 7.25. The van der Waals surface area contributed by atoms with Gasteiger partial charge < -0.3 is 5.32 Å². The molecule has 148 valence electrons. The van der Waals surface area contributed by atoms with E-state index < -0.39 is 32.2 Å². The highest BCUT2D eigenvalue weighted by Gasteiger charge is 2.43. The lowest BCUT2D eigenvalue weighted by Gasteiger charge is -2.24. The first kappa shape index (κ1) is 22.8. The van der Waals surface area contributed by atoms with Crippen LogP contribution in [0.1, 0.15) is 40.2 Å². The van der Waals surface area contributed by atoms with E-state index in [-0.39, 0.29) is 9.64 Å². The van der Waals surface area contributed by atoms with Crippen LogP contribution in [0, 0.1) is 0 Å². The number of carbonyl (C=O) groups is 1. The molecule has 1 aromatic rings. The predicted octanol–water partition coefficient (Wildman–Crippen LogP) is 3.91. The highest BCUT2D eigenvalue weighted by atomic mass is 32.2. The van der Waals surface area contributed by atoms with E-state index in [1.807, 2.05) is 20.8 Å². The Balaban J connectivity index is 2.90. The van der Waals surface area contributed by atoms with Crippen LogP contribution in [-0.4, -0.2) is 36.1 Å². The van der Waals surface area contributed by atoms with E-state index in [4.69, 9.17) is 0 Å². The molecule has 9 heteroatoms. The van der Waals surface area contributed by atoms with Crippen molar-refractivity contribution in [2.45, 2.75) is 55.2 Å². The van der Waals surface area contributed by atoms with Crippen molar-refractivity contribution in [1.82, 2.24) is 5.32 Å². The molecule has 0 unspecified atom stereocenters. The van der Waals surface area contributed by atoms with Crippen LogP contribution in [-0.2, 0) is 20.8 Å². The molecule has 26 heavy (non-hydrogen) atoms. The number of alkyl halides is 3. The third kappa shape index (κ3) is 5.64. The zero-order valence-electron chi connectivity index (χ0n) is 15.4. The number of carbonyl (C=O) groups excluding carboxylic acids is 1. The second kappa shape index (κ2) is 7.80. The standard InChI is InChI=1S/C17H24F3NO3S2/c1-15(2,3)25-11-10-21-14(22)16(4,5)26(23,24)13-8-6-12(7-9-13)17(18,19)20/h6-9H,10-11H2,1-5H3,(H,21,22). The topological polar surface area (TPSA) is 63.2 Å². The van der Waals surface area contributed by atoms with Gasteiger partial charge in [-0.2, -0.15) is 24.9 Å². The minimum Gasteiger partial charge on any atom is -0.354 e. The summed E-state index contributed by atoms with van der Waals surface area (Å²) in [5.74, 6) is -0.0713. The Hall–Kier alpha value is -1.22. The fraction of sp³-hybridized carbons (Fsp3) is 0.588. The zero-order chi connectivity index (χ0) is 20.4. The van der Waals surface area contributed by atoms with Crippen LogP contribution in [0.2, 0.25) is 0 Å². The van der Waals surface area contributed by atoms with Crippen LogP contribution in [0.5, 0.6) is 0 Å². The maximum absolute atomic E-state index is 12.7. The minimum absolute atomic E-state index is 0.0204. The summed E-state index contributed by atoms with van der Waals surface area (Å²) in [6.45, 7) is 8.86. The smallest absolute Gasteiger partial charge is 0.354 e. The highest BCUT2D eigenvalue weighted by Crippen LogP contribution is 2.32. The molecule has 1 rings (SSSR count). The normalized spacial score (nSPS) is 13.5. The van der Waals surface area contributed by atoms with Crippen LogP contribution in [0.25, 0.3) is 0 Å². The first-order valence-electron chi connectivity index (χ1n) is 7.93. The van der Waals surface area contributed by atoms with Gasteiger partial charge in [0.2, 0.25) is 5.91 Å². The van der Waals surface area contributed by atoms with E-state index in [2.05, 4.69) is 5.32 Å². The first-order valence-corrected chi connectivity index (χ1v) is 10.4. The number of sulfone groups is 1. The Morgan fingerprint density at radius 1 is 1.04 bits per heavy atom. The average Bonchev–Trinajstić information content (AvgIpc) is 2.49. The summed E-state index contributed by atoms with van der Waals surface area (Å²) >= 11 is 1.62. The average molecular weight is 412 g/mol. The molecule has 0 aliphatic carbocycles. The van der Waals surface area contributed by atoms with E-state index in [9.17, 15) is 26.4 Å². The summed E-state index contributed by atoms with van der Waals surface area (Å²) < 4.78 is 61.5. The van der Waals surface area contributed by atoms with Gasteiger partial charge in [0.1, 0.15) is 4.75 Å². The van der Waals surface area contributed by atoms with E-state index in [0.29, 0.717) is 24.4 Å². The van der Waals surface area contributed by atoms with E-state index in [0.717, 1.165) is 12.1 Å². The summed E-state index contributed by atoms with van der Waals surface area (Å²) in [6.07, 6.45) is -4.56. The monoisotopic (exact) mass is 411 g/mol. The van der Waals surface area contributed by atoms with Gasteiger partial charge in [0.25, 0.3) is 0 Å². The number of amides is 1. The molecule has 0 aliphatic heterocycles. The Bertz CT molecular complexity index is 734.